The molecule has 31 heavy (non-hydrogen) atoms. The van der Waals surface area contributed by atoms with Gasteiger partial charge in [0.05, 0.1) is 12.2 Å². The number of amides is 1. The largest absolute Gasteiger partial charge is 0.326 e. The van der Waals surface area contributed by atoms with Gasteiger partial charge in [-0.25, -0.2) is 4.99 Å². The first kappa shape index (κ1) is 22.7. The van der Waals surface area contributed by atoms with Crippen LogP contribution >= 0.6 is 15.9 Å². The van der Waals surface area contributed by atoms with Crippen LogP contribution in [0.5, 0.6) is 0 Å². The predicted molar refractivity (Wildman–Crippen MR) is 130 cm³/mol. The van der Waals surface area contributed by atoms with Gasteiger partial charge >= 0.3 is 0 Å². The number of benzene rings is 2. The summed E-state index contributed by atoms with van der Waals surface area (Å²) in [7, 11) is 0. The fourth-order valence-electron chi connectivity index (χ4n) is 3.29. The molecule has 0 aliphatic rings. The van der Waals surface area contributed by atoms with Crippen molar-refractivity contribution < 1.29 is 4.79 Å². The van der Waals surface area contributed by atoms with Gasteiger partial charge in [0.1, 0.15) is 0 Å². The van der Waals surface area contributed by atoms with Crippen molar-refractivity contribution in [3.8, 4) is 0 Å². The number of aromatic nitrogens is 2. The summed E-state index contributed by atoms with van der Waals surface area (Å²) in [4.78, 5) is 17.6. The molecule has 6 nitrogen and oxygen atoms in total. The molecule has 2 N–H and O–H groups in total. The van der Waals surface area contributed by atoms with Gasteiger partial charge in [-0.2, -0.15) is 5.10 Å². The van der Waals surface area contributed by atoms with Crippen molar-refractivity contribution in [2.45, 2.75) is 47.2 Å². The lowest BCUT2D eigenvalue weighted by Crippen LogP contribution is -2.36. The number of aryl methyl sites for hydroxylation is 4. The van der Waals surface area contributed by atoms with E-state index >= 15 is 0 Å². The zero-order valence-corrected chi connectivity index (χ0v) is 20.0. The highest BCUT2D eigenvalue weighted by Crippen LogP contribution is 2.15. The van der Waals surface area contributed by atoms with Gasteiger partial charge in [0.2, 0.25) is 5.96 Å². The molecule has 3 aromatic rings. The van der Waals surface area contributed by atoms with Crippen molar-refractivity contribution in [1.29, 1.82) is 0 Å². The zero-order valence-electron chi connectivity index (χ0n) is 18.4. The Labute approximate surface area is 191 Å². The zero-order chi connectivity index (χ0) is 22.4. The molecule has 0 saturated heterocycles. The minimum absolute atomic E-state index is 0.200. The Balaban J connectivity index is 1.83. The lowest BCUT2D eigenvalue weighted by atomic mass is 10.1. The summed E-state index contributed by atoms with van der Waals surface area (Å²) in [5.74, 6) is 0.197. The smallest absolute Gasteiger partial charge is 0.257 e. The van der Waals surface area contributed by atoms with Crippen LogP contribution in [0, 0.1) is 20.8 Å². The molecule has 0 fully saturated rings. The third-order valence-electron chi connectivity index (χ3n) is 4.73. The third-order valence-corrected chi connectivity index (χ3v) is 5.26. The van der Waals surface area contributed by atoms with Crippen molar-refractivity contribution in [2.24, 2.45) is 4.99 Å². The van der Waals surface area contributed by atoms with Gasteiger partial charge in [-0.3, -0.25) is 14.8 Å². The number of hydrogen-bond acceptors (Lipinski definition) is 3. The van der Waals surface area contributed by atoms with Crippen molar-refractivity contribution in [3.63, 3.8) is 0 Å². The molecule has 0 radical (unpaired) electrons. The highest BCUT2D eigenvalue weighted by atomic mass is 79.9. The molecule has 2 aromatic carbocycles. The maximum atomic E-state index is 12.9. The Bertz CT molecular complexity index is 1070. The van der Waals surface area contributed by atoms with Gasteiger partial charge in [0.15, 0.2) is 0 Å². The normalized spacial score (nSPS) is 11.5. The molecule has 0 atom stereocenters. The van der Waals surface area contributed by atoms with Crippen molar-refractivity contribution in [2.75, 3.05) is 5.32 Å². The maximum Gasteiger partial charge on any atom is 0.257 e. The van der Waals surface area contributed by atoms with Crippen LogP contribution in [-0.4, -0.2) is 21.6 Å². The molecule has 1 aromatic heterocycles. The summed E-state index contributed by atoms with van der Waals surface area (Å²) in [5.41, 5.74) is 5.51. The summed E-state index contributed by atoms with van der Waals surface area (Å²) in [5, 5.41) is 10.7. The highest BCUT2D eigenvalue weighted by molar-refractivity contribution is 9.10. The number of rotatable bonds is 6. The van der Waals surface area contributed by atoms with E-state index in [4.69, 9.17) is 0 Å². The topological polar surface area (TPSA) is 71.3 Å². The van der Waals surface area contributed by atoms with E-state index in [0.717, 1.165) is 45.5 Å². The fraction of sp³-hybridized carbons (Fsp3) is 0.292. The van der Waals surface area contributed by atoms with Crippen LogP contribution in [0.1, 0.15) is 46.1 Å². The second kappa shape index (κ2) is 10.4. The van der Waals surface area contributed by atoms with Crippen molar-refractivity contribution >= 4 is 33.5 Å². The number of hydrogen-bond donors (Lipinski definition) is 2. The minimum atomic E-state index is -0.200. The lowest BCUT2D eigenvalue weighted by molar-refractivity contribution is 0.0976. The number of carbonyl (C=O) groups is 1. The number of anilines is 1. The van der Waals surface area contributed by atoms with E-state index in [1.54, 1.807) is 0 Å². The van der Waals surface area contributed by atoms with Crippen LogP contribution < -0.4 is 10.6 Å². The van der Waals surface area contributed by atoms with Gasteiger partial charge in [-0.1, -0.05) is 40.0 Å². The van der Waals surface area contributed by atoms with Crippen LogP contribution in [0.3, 0.4) is 0 Å². The van der Waals surface area contributed by atoms with Crippen molar-refractivity contribution in [1.82, 2.24) is 15.1 Å². The molecular weight excluding hydrogens is 454 g/mol. The van der Waals surface area contributed by atoms with Gasteiger partial charge in [0.25, 0.3) is 5.91 Å². The summed E-state index contributed by atoms with van der Waals surface area (Å²) in [6.07, 6.45) is 3.04. The van der Waals surface area contributed by atoms with Crippen LogP contribution in [0.2, 0.25) is 0 Å². The average Bonchev–Trinajstić information content (AvgIpc) is 3.06. The summed E-state index contributed by atoms with van der Waals surface area (Å²) in [6, 6.07) is 13.5. The number of nitrogens with zero attached hydrogens (tertiary/aromatic N) is 3. The molecule has 0 aliphatic carbocycles. The Morgan fingerprint density at radius 1 is 1.10 bits per heavy atom. The van der Waals surface area contributed by atoms with Gasteiger partial charge in [0, 0.05) is 34.0 Å². The Morgan fingerprint density at radius 2 is 1.77 bits per heavy atom. The summed E-state index contributed by atoms with van der Waals surface area (Å²) >= 11 is 3.44. The SMILES string of the molecule is CCCn1cc(CN=C(NC(=O)c2cc(C)cc(C)c2)Nc2ccc(Br)cc2)c(C)n1. The molecule has 1 heterocycles. The molecule has 0 spiro atoms. The molecule has 0 aliphatic heterocycles. The fourth-order valence-corrected chi connectivity index (χ4v) is 3.55. The van der Waals surface area contributed by atoms with Gasteiger partial charge in [-0.05, 0) is 63.6 Å². The van der Waals surface area contributed by atoms with Crippen molar-refractivity contribution in [3.05, 3.63) is 81.1 Å². The molecule has 3 rings (SSSR count). The summed E-state index contributed by atoms with van der Waals surface area (Å²) in [6.45, 7) is 9.36. The monoisotopic (exact) mass is 481 g/mol. The molecule has 162 valence electrons. The number of halogens is 1. The van der Waals surface area contributed by atoms with Crippen LogP contribution in [-0.2, 0) is 13.1 Å². The van der Waals surface area contributed by atoms with Gasteiger partial charge < -0.3 is 5.32 Å². The standard InChI is InChI=1S/C24H28BrN5O/c1-5-10-30-15-20(18(4)29-30)14-26-24(27-22-8-6-21(25)7-9-22)28-23(31)19-12-16(2)11-17(3)13-19/h6-9,11-13,15H,5,10,14H2,1-4H3,(H2,26,27,28,31). The summed E-state index contributed by atoms with van der Waals surface area (Å²) < 4.78 is 2.92. The first-order valence-electron chi connectivity index (χ1n) is 10.3. The predicted octanol–water partition coefficient (Wildman–Crippen LogP) is 5.38. The Hall–Kier alpha value is -2.93. The second-order valence-corrected chi connectivity index (χ2v) is 8.55. The maximum absolute atomic E-state index is 12.9. The van der Waals surface area contributed by atoms with E-state index in [1.165, 1.54) is 0 Å². The lowest BCUT2D eigenvalue weighted by Gasteiger charge is -2.13. The first-order chi connectivity index (χ1) is 14.8. The van der Waals surface area contributed by atoms with Crippen LogP contribution in [0.25, 0.3) is 0 Å². The van der Waals surface area contributed by atoms with Gasteiger partial charge in [-0.15, -0.1) is 0 Å². The van der Waals surface area contributed by atoms with Crippen LogP contribution in [0.15, 0.2) is 58.1 Å². The number of aliphatic imine (C=N–C) groups is 1. The average molecular weight is 482 g/mol. The van der Waals surface area contributed by atoms with E-state index in [2.05, 4.69) is 43.6 Å². The molecule has 1 amide bonds. The van der Waals surface area contributed by atoms with E-state index in [0.29, 0.717) is 18.1 Å². The second-order valence-electron chi connectivity index (χ2n) is 7.63. The van der Waals surface area contributed by atoms with E-state index < -0.39 is 0 Å². The highest BCUT2D eigenvalue weighted by Gasteiger charge is 2.12. The molecule has 0 saturated carbocycles. The molecule has 0 unspecified atom stereocenters. The molecule has 7 heteroatoms. The van der Waals surface area contributed by atoms with E-state index in [9.17, 15) is 4.79 Å². The quantitative estimate of drug-likeness (QED) is 0.366. The Morgan fingerprint density at radius 3 is 2.42 bits per heavy atom. The Kier molecular flexibility index (Phi) is 7.63. The minimum Gasteiger partial charge on any atom is -0.326 e. The number of guanidine groups is 1. The number of nitrogens with one attached hydrogen (secondary N) is 2. The first-order valence-corrected chi connectivity index (χ1v) is 11.1. The number of carbonyl (C=O) groups excluding carboxylic acids is 1. The molecule has 0 bridgehead atoms. The van der Waals surface area contributed by atoms with E-state index in [1.807, 2.05) is 74.1 Å². The van der Waals surface area contributed by atoms with Crippen LogP contribution in [0.4, 0.5) is 5.69 Å². The van der Waals surface area contributed by atoms with E-state index in [-0.39, 0.29) is 5.91 Å². The molecular formula is C24H28BrN5O. The third kappa shape index (κ3) is 6.52.